The molecule has 2 amide bonds. The van der Waals surface area contributed by atoms with Crippen LogP contribution >= 0.6 is 0 Å². The SMILES string of the molecule is O=C1NC(=NC2CCCCC2)C2(CCNCC2)N1c1ccccc1. The third-order valence-corrected chi connectivity index (χ3v) is 5.63. The van der Waals surface area contributed by atoms with Crippen LogP contribution in [0.25, 0.3) is 0 Å². The highest BCUT2D eigenvalue weighted by atomic mass is 16.2. The molecule has 1 aromatic carbocycles. The number of nitrogens with one attached hydrogen (secondary N) is 2. The van der Waals surface area contributed by atoms with Gasteiger partial charge < -0.3 is 5.32 Å². The first-order valence-electron chi connectivity index (χ1n) is 9.25. The molecule has 1 spiro atoms. The van der Waals surface area contributed by atoms with Gasteiger partial charge in [0.05, 0.1) is 6.04 Å². The lowest BCUT2D eigenvalue weighted by Gasteiger charge is -2.40. The first-order chi connectivity index (χ1) is 11.8. The van der Waals surface area contributed by atoms with Crippen LogP contribution in [0.3, 0.4) is 0 Å². The van der Waals surface area contributed by atoms with Gasteiger partial charge in [-0.25, -0.2) is 4.79 Å². The number of nitrogens with zero attached hydrogens (tertiary/aromatic N) is 2. The zero-order chi connectivity index (χ0) is 16.4. The molecule has 0 aromatic heterocycles. The van der Waals surface area contributed by atoms with Crippen molar-refractivity contribution in [1.29, 1.82) is 0 Å². The van der Waals surface area contributed by atoms with Gasteiger partial charge in [0, 0.05) is 5.69 Å². The average Bonchev–Trinajstić information content (AvgIpc) is 2.88. The Morgan fingerprint density at radius 3 is 2.46 bits per heavy atom. The molecule has 128 valence electrons. The number of piperidine rings is 1. The van der Waals surface area contributed by atoms with Crippen molar-refractivity contribution in [3.8, 4) is 0 Å². The Morgan fingerprint density at radius 1 is 1.04 bits per heavy atom. The Labute approximate surface area is 143 Å². The second-order valence-electron chi connectivity index (χ2n) is 7.15. The van der Waals surface area contributed by atoms with Crippen molar-refractivity contribution < 1.29 is 4.79 Å². The van der Waals surface area contributed by atoms with E-state index in [-0.39, 0.29) is 11.6 Å². The molecule has 0 atom stereocenters. The Kier molecular flexibility index (Phi) is 4.27. The Morgan fingerprint density at radius 2 is 1.75 bits per heavy atom. The van der Waals surface area contributed by atoms with Crippen LogP contribution < -0.4 is 15.5 Å². The molecule has 5 nitrogen and oxygen atoms in total. The Bertz CT molecular complexity index is 616. The Balaban J connectivity index is 1.71. The van der Waals surface area contributed by atoms with Crippen molar-refractivity contribution in [2.75, 3.05) is 18.0 Å². The number of aliphatic imine (C=N–C) groups is 1. The molecule has 3 aliphatic rings. The monoisotopic (exact) mass is 326 g/mol. The molecule has 3 fully saturated rings. The van der Waals surface area contributed by atoms with Crippen LogP contribution in [0.15, 0.2) is 35.3 Å². The summed E-state index contributed by atoms with van der Waals surface area (Å²) in [6, 6.07) is 10.4. The minimum atomic E-state index is -0.304. The van der Waals surface area contributed by atoms with Gasteiger partial charge in [-0.3, -0.25) is 15.2 Å². The largest absolute Gasteiger partial charge is 0.328 e. The minimum Gasteiger partial charge on any atom is -0.317 e. The first-order valence-corrected chi connectivity index (χ1v) is 9.25. The first kappa shape index (κ1) is 15.6. The number of carbonyl (C=O) groups excluding carboxylic acids is 1. The van der Waals surface area contributed by atoms with E-state index in [4.69, 9.17) is 4.99 Å². The molecule has 1 saturated carbocycles. The fraction of sp³-hybridized carbons (Fsp3) is 0.579. The number of para-hydroxylation sites is 1. The molecule has 5 heteroatoms. The van der Waals surface area contributed by atoms with Gasteiger partial charge in [-0.2, -0.15) is 0 Å². The zero-order valence-electron chi connectivity index (χ0n) is 14.1. The van der Waals surface area contributed by atoms with Crippen LogP contribution in [0.5, 0.6) is 0 Å². The third-order valence-electron chi connectivity index (χ3n) is 5.63. The molecule has 1 aromatic rings. The summed E-state index contributed by atoms with van der Waals surface area (Å²) in [7, 11) is 0. The molecule has 4 rings (SSSR count). The van der Waals surface area contributed by atoms with Crippen molar-refractivity contribution in [3.63, 3.8) is 0 Å². The highest BCUT2D eigenvalue weighted by Gasteiger charge is 2.52. The van der Waals surface area contributed by atoms with E-state index in [1.807, 2.05) is 35.2 Å². The third kappa shape index (κ3) is 2.71. The van der Waals surface area contributed by atoms with Crippen LogP contribution in [0.1, 0.15) is 44.9 Å². The molecule has 0 unspecified atom stereocenters. The molecule has 0 radical (unpaired) electrons. The van der Waals surface area contributed by atoms with Crippen LogP contribution in [0.2, 0.25) is 0 Å². The second-order valence-corrected chi connectivity index (χ2v) is 7.15. The van der Waals surface area contributed by atoms with E-state index in [1.54, 1.807) is 0 Å². The highest BCUT2D eigenvalue weighted by molar-refractivity contribution is 6.19. The van der Waals surface area contributed by atoms with Gasteiger partial charge in [0.2, 0.25) is 0 Å². The lowest BCUT2D eigenvalue weighted by atomic mass is 9.85. The normalized spacial score (nSPS) is 26.1. The van der Waals surface area contributed by atoms with Crippen molar-refractivity contribution in [2.45, 2.75) is 56.5 Å². The number of urea groups is 1. The maximum atomic E-state index is 12.8. The maximum absolute atomic E-state index is 12.8. The molecular weight excluding hydrogens is 300 g/mol. The fourth-order valence-electron chi connectivity index (χ4n) is 4.36. The lowest BCUT2D eigenvalue weighted by Crippen LogP contribution is -2.56. The number of hydrogen-bond donors (Lipinski definition) is 2. The van der Waals surface area contributed by atoms with Gasteiger partial charge in [0.1, 0.15) is 11.4 Å². The molecular formula is C19H26N4O. The molecule has 2 saturated heterocycles. The Hall–Kier alpha value is -1.88. The quantitative estimate of drug-likeness (QED) is 0.877. The molecule has 2 aliphatic heterocycles. The summed E-state index contributed by atoms with van der Waals surface area (Å²) in [5.41, 5.74) is 0.659. The van der Waals surface area contributed by atoms with E-state index in [0.29, 0.717) is 6.04 Å². The minimum absolute atomic E-state index is 0.0299. The summed E-state index contributed by atoms with van der Waals surface area (Å²) in [5, 5.41) is 6.55. The predicted octanol–water partition coefficient (Wildman–Crippen LogP) is 3.07. The number of amidine groups is 1. The van der Waals surface area contributed by atoms with Crippen LogP contribution in [0.4, 0.5) is 10.5 Å². The van der Waals surface area contributed by atoms with Gasteiger partial charge in [-0.15, -0.1) is 0 Å². The van der Waals surface area contributed by atoms with Gasteiger partial charge in [-0.05, 0) is 50.9 Å². The summed E-state index contributed by atoms with van der Waals surface area (Å²) in [5.74, 6) is 0.907. The van der Waals surface area contributed by atoms with Crippen LogP contribution in [-0.2, 0) is 0 Å². The van der Waals surface area contributed by atoms with Gasteiger partial charge in [0.15, 0.2) is 0 Å². The van der Waals surface area contributed by atoms with E-state index < -0.39 is 0 Å². The van der Waals surface area contributed by atoms with Crippen molar-refractivity contribution in [1.82, 2.24) is 10.6 Å². The van der Waals surface area contributed by atoms with Gasteiger partial charge in [0.25, 0.3) is 0 Å². The molecule has 1 aliphatic carbocycles. The highest BCUT2D eigenvalue weighted by Crippen LogP contribution is 2.37. The molecule has 2 heterocycles. The van der Waals surface area contributed by atoms with E-state index >= 15 is 0 Å². The smallest absolute Gasteiger partial charge is 0.317 e. The van der Waals surface area contributed by atoms with Crippen molar-refractivity contribution >= 4 is 17.6 Å². The second kappa shape index (κ2) is 6.55. The lowest BCUT2D eigenvalue weighted by molar-refractivity contribution is 0.249. The predicted molar refractivity (Wildman–Crippen MR) is 96.6 cm³/mol. The number of hydrogen-bond acceptors (Lipinski definition) is 3. The molecule has 0 bridgehead atoms. The number of benzene rings is 1. The van der Waals surface area contributed by atoms with Crippen molar-refractivity contribution in [2.24, 2.45) is 4.99 Å². The summed E-state index contributed by atoms with van der Waals surface area (Å²) in [6.45, 7) is 1.84. The van der Waals surface area contributed by atoms with Crippen LogP contribution in [0, 0.1) is 0 Å². The van der Waals surface area contributed by atoms with E-state index in [0.717, 1.165) is 50.3 Å². The topological polar surface area (TPSA) is 56.7 Å². The van der Waals surface area contributed by atoms with Gasteiger partial charge in [-0.1, -0.05) is 37.5 Å². The average molecular weight is 326 g/mol. The van der Waals surface area contributed by atoms with E-state index in [2.05, 4.69) is 10.6 Å². The van der Waals surface area contributed by atoms with E-state index in [9.17, 15) is 4.79 Å². The van der Waals surface area contributed by atoms with Gasteiger partial charge >= 0.3 is 6.03 Å². The summed E-state index contributed by atoms with van der Waals surface area (Å²) < 4.78 is 0. The number of carbonyl (C=O) groups is 1. The number of anilines is 1. The van der Waals surface area contributed by atoms with Crippen LogP contribution in [-0.4, -0.2) is 36.5 Å². The summed E-state index contributed by atoms with van der Waals surface area (Å²) >= 11 is 0. The maximum Gasteiger partial charge on any atom is 0.328 e. The van der Waals surface area contributed by atoms with Crippen molar-refractivity contribution in [3.05, 3.63) is 30.3 Å². The number of amides is 2. The molecule has 2 N–H and O–H groups in total. The fourth-order valence-corrected chi connectivity index (χ4v) is 4.36. The summed E-state index contributed by atoms with van der Waals surface area (Å²) in [4.78, 5) is 19.8. The standard InChI is InChI=1S/C19H26N4O/c24-18-22-17(21-15-7-3-1-4-8-15)19(11-13-20-14-12-19)23(18)16-9-5-2-6-10-16/h2,5-6,9-10,15,20H,1,3-4,7-8,11-14H2,(H,21,22,24). The van der Waals surface area contributed by atoms with E-state index in [1.165, 1.54) is 19.3 Å². The zero-order valence-corrected chi connectivity index (χ0v) is 14.1. The number of rotatable bonds is 2. The molecule has 24 heavy (non-hydrogen) atoms. The summed E-state index contributed by atoms with van der Waals surface area (Å²) in [6.07, 6.45) is 7.95.